The maximum Gasteiger partial charge on any atom is 0.426 e. The number of aromatic amines is 1. The molecule has 7 nitrogen and oxygen atoms in total. The van der Waals surface area contributed by atoms with E-state index in [1.54, 1.807) is 13.8 Å². The van der Waals surface area contributed by atoms with Crippen molar-refractivity contribution in [1.82, 2.24) is 15.8 Å². The van der Waals surface area contributed by atoms with Crippen LogP contribution in [0.2, 0.25) is 0 Å². The summed E-state index contributed by atoms with van der Waals surface area (Å²) in [6.07, 6.45) is 0.655. The highest BCUT2D eigenvalue weighted by molar-refractivity contribution is 6.02. The molecule has 7 heteroatoms. The van der Waals surface area contributed by atoms with Crippen molar-refractivity contribution < 1.29 is 19.1 Å². The van der Waals surface area contributed by atoms with Gasteiger partial charge in [0.15, 0.2) is 5.78 Å². The van der Waals surface area contributed by atoms with Gasteiger partial charge >= 0.3 is 6.09 Å². The second-order valence-electron chi connectivity index (χ2n) is 4.58. The minimum Gasteiger partial charge on any atom is -0.449 e. The Morgan fingerprint density at radius 2 is 1.86 bits per heavy atom. The lowest BCUT2D eigenvalue weighted by Crippen LogP contribution is -2.42. The number of hydrazine groups is 1. The zero-order valence-electron chi connectivity index (χ0n) is 12.8. The number of ketones is 1. The van der Waals surface area contributed by atoms with Gasteiger partial charge in [0, 0.05) is 11.3 Å². The number of nitrogens with one attached hydrogen (secondary N) is 3. The number of Topliss-reactive ketones (excluding diaryl/α,β-unsaturated/α-hetero) is 1. The summed E-state index contributed by atoms with van der Waals surface area (Å²) in [4.78, 5) is 37.9. The highest BCUT2D eigenvalue weighted by Gasteiger charge is 2.22. The quantitative estimate of drug-likeness (QED) is 0.570. The summed E-state index contributed by atoms with van der Waals surface area (Å²) in [5.41, 5.74) is 6.54. The van der Waals surface area contributed by atoms with Crippen molar-refractivity contribution in [2.75, 3.05) is 6.61 Å². The minimum atomic E-state index is -0.738. The van der Waals surface area contributed by atoms with E-state index in [0.717, 1.165) is 6.42 Å². The van der Waals surface area contributed by atoms with Gasteiger partial charge in [-0.25, -0.2) is 10.2 Å². The van der Waals surface area contributed by atoms with Gasteiger partial charge in [-0.15, -0.1) is 0 Å². The molecule has 0 aliphatic heterocycles. The van der Waals surface area contributed by atoms with Crippen molar-refractivity contribution in [3.63, 3.8) is 0 Å². The standard InChI is InChI=1S/C14H21N3O4/c1-5-7-10-11(9(4)18)8(3)15-12(10)13(19)16-17-14(20)21-6-2/h15H,5-7H2,1-4H3,(H,16,19)(H,17,20). The van der Waals surface area contributed by atoms with Crippen LogP contribution in [0.25, 0.3) is 0 Å². The third kappa shape index (κ3) is 4.08. The summed E-state index contributed by atoms with van der Waals surface area (Å²) in [7, 11) is 0. The number of aryl methyl sites for hydroxylation is 1. The van der Waals surface area contributed by atoms with Crippen molar-refractivity contribution in [2.24, 2.45) is 0 Å². The van der Waals surface area contributed by atoms with Crippen molar-refractivity contribution >= 4 is 17.8 Å². The van der Waals surface area contributed by atoms with Crippen LogP contribution < -0.4 is 10.9 Å². The lowest BCUT2D eigenvalue weighted by atomic mass is 10.0. The van der Waals surface area contributed by atoms with E-state index in [1.165, 1.54) is 6.92 Å². The molecule has 1 aromatic heterocycles. The Labute approximate surface area is 123 Å². The molecule has 0 saturated heterocycles. The number of carbonyl (C=O) groups is 3. The third-order valence-electron chi connectivity index (χ3n) is 2.92. The number of amides is 2. The third-order valence-corrected chi connectivity index (χ3v) is 2.92. The average molecular weight is 295 g/mol. The van der Waals surface area contributed by atoms with Crippen LogP contribution in [-0.4, -0.2) is 29.4 Å². The lowest BCUT2D eigenvalue weighted by Gasteiger charge is -2.08. The van der Waals surface area contributed by atoms with E-state index in [2.05, 4.69) is 20.6 Å². The van der Waals surface area contributed by atoms with Gasteiger partial charge in [-0.05, 0) is 32.8 Å². The molecule has 0 unspecified atom stereocenters. The number of H-pyrrole nitrogens is 1. The molecule has 0 fully saturated rings. The molecule has 1 aromatic rings. The molecule has 0 aliphatic rings. The molecule has 21 heavy (non-hydrogen) atoms. The van der Waals surface area contributed by atoms with Crippen molar-refractivity contribution in [3.8, 4) is 0 Å². The Bertz CT molecular complexity index is 549. The molecule has 116 valence electrons. The number of hydrogen-bond donors (Lipinski definition) is 3. The van der Waals surface area contributed by atoms with Crippen molar-refractivity contribution in [2.45, 2.75) is 40.5 Å². The molecule has 0 bridgehead atoms. The van der Waals surface area contributed by atoms with Gasteiger partial charge in [0.1, 0.15) is 5.69 Å². The fraction of sp³-hybridized carbons (Fsp3) is 0.500. The van der Waals surface area contributed by atoms with Crippen LogP contribution in [0.15, 0.2) is 0 Å². The molecular formula is C14H21N3O4. The van der Waals surface area contributed by atoms with Gasteiger partial charge in [0.25, 0.3) is 5.91 Å². The number of ether oxygens (including phenoxy) is 1. The molecule has 0 saturated carbocycles. The zero-order valence-corrected chi connectivity index (χ0v) is 12.8. The van der Waals surface area contributed by atoms with Gasteiger partial charge in [0.2, 0.25) is 0 Å². The molecule has 0 aliphatic carbocycles. The highest BCUT2D eigenvalue weighted by Crippen LogP contribution is 2.21. The fourth-order valence-electron chi connectivity index (χ4n) is 2.18. The molecular weight excluding hydrogens is 274 g/mol. The highest BCUT2D eigenvalue weighted by atomic mass is 16.5. The molecule has 0 aromatic carbocycles. The topological polar surface area (TPSA) is 100 Å². The number of hydrogen-bond acceptors (Lipinski definition) is 4. The smallest absolute Gasteiger partial charge is 0.426 e. The Kier molecular flexibility index (Phi) is 5.95. The number of aromatic nitrogens is 1. The van der Waals surface area contributed by atoms with E-state index in [4.69, 9.17) is 0 Å². The van der Waals surface area contributed by atoms with E-state index in [0.29, 0.717) is 23.2 Å². The van der Waals surface area contributed by atoms with Crippen LogP contribution in [0, 0.1) is 6.92 Å². The molecule has 1 heterocycles. The normalized spacial score (nSPS) is 10.1. The Balaban J connectivity index is 2.96. The Hall–Kier alpha value is -2.31. The summed E-state index contributed by atoms with van der Waals surface area (Å²) in [6.45, 7) is 7.04. The van der Waals surface area contributed by atoms with Crippen LogP contribution in [0.1, 0.15) is 59.3 Å². The molecule has 0 radical (unpaired) electrons. The van der Waals surface area contributed by atoms with Crippen LogP contribution in [0.5, 0.6) is 0 Å². The number of rotatable bonds is 5. The van der Waals surface area contributed by atoms with Crippen LogP contribution in [-0.2, 0) is 11.2 Å². The molecule has 2 amide bonds. The zero-order chi connectivity index (χ0) is 16.0. The van der Waals surface area contributed by atoms with E-state index >= 15 is 0 Å². The number of carbonyl (C=O) groups excluding carboxylic acids is 3. The maximum atomic E-state index is 12.1. The van der Waals surface area contributed by atoms with Gasteiger partial charge in [-0.1, -0.05) is 13.3 Å². The van der Waals surface area contributed by atoms with Gasteiger partial charge in [0.05, 0.1) is 6.61 Å². The van der Waals surface area contributed by atoms with Crippen LogP contribution >= 0.6 is 0 Å². The van der Waals surface area contributed by atoms with Crippen molar-refractivity contribution in [1.29, 1.82) is 0 Å². The molecule has 0 spiro atoms. The maximum absolute atomic E-state index is 12.1. The lowest BCUT2D eigenvalue weighted by molar-refractivity contribution is 0.0907. The first-order valence-electron chi connectivity index (χ1n) is 6.87. The monoisotopic (exact) mass is 295 g/mol. The van der Waals surface area contributed by atoms with Gasteiger partial charge in [-0.3, -0.25) is 15.0 Å². The first-order chi connectivity index (χ1) is 9.92. The van der Waals surface area contributed by atoms with Gasteiger partial charge < -0.3 is 9.72 Å². The summed E-state index contributed by atoms with van der Waals surface area (Å²) in [5, 5.41) is 0. The largest absolute Gasteiger partial charge is 0.449 e. The van der Waals surface area contributed by atoms with Gasteiger partial charge in [-0.2, -0.15) is 0 Å². The average Bonchev–Trinajstić information content (AvgIpc) is 2.74. The van der Waals surface area contributed by atoms with E-state index in [9.17, 15) is 14.4 Å². The summed E-state index contributed by atoms with van der Waals surface area (Å²) >= 11 is 0. The van der Waals surface area contributed by atoms with E-state index in [1.807, 2.05) is 6.92 Å². The Morgan fingerprint density at radius 3 is 2.38 bits per heavy atom. The molecule has 1 rings (SSSR count). The Morgan fingerprint density at radius 1 is 1.19 bits per heavy atom. The second-order valence-corrected chi connectivity index (χ2v) is 4.58. The van der Waals surface area contributed by atoms with E-state index in [-0.39, 0.29) is 18.1 Å². The fourth-order valence-corrected chi connectivity index (χ4v) is 2.18. The SMILES string of the molecule is CCCc1c(C(=O)NNC(=O)OCC)[nH]c(C)c1C(C)=O. The summed E-state index contributed by atoms with van der Waals surface area (Å²) in [5.74, 6) is -0.605. The summed E-state index contributed by atoms with van der Waals surface area (Å²) in [6, 6.07) is 0. The van der Waals surface area contributed by atoms with Crippen LogP contribution in [0.4, 0.5) is 4.79 Å². The first-order valence-corrected chi connectivity index (χ1v) is 6.87. The minimum absolute atomic E-state index is 0.0930. The molecule has 3 N–H and O–H groups in total. The van der Waals surface area contributed by atoms with Crippen LogP contribution in [0.3, 0.4) is 0 Å². The first kappa shape index (κ1) is 16.7. The summed E-state index contributed by atoms with van der Waals surface area (Å²) < 4.78 is 4.64. The van der Waals surface area contributed by atoms with Crippen molar-refractivity contribution in [3.05, 3.63) is 22.5 Å². The predicted octanol–water partition coefficient (Wildman–Crippen LogP) is 1.87. The second kappa shape index (κ2) is 7.47. The predicted molar refractivity (Wildman–Crippen MR) is 77.2 cm³/mol. The van der Waals surface area contributed by atoms with E-state index < -0.39 is 12.0 Å². The molecule has 0 atom stereocenters.